The number of carbonyl (C=O) groups is 2. The van der Waals surface area contributed by atoms with E-state index in [1.807, 2.05) is 79.7 Å². The number of anilines is 1. The Labute approximate surface area is 181 Å². The first-order valence-corrected chi connectivity index (χ1v) is 10.1. The Morgan fingerprint density at radius 3 is 2.42 bits per heavy atom. The Balaban J connectivity index is 1.51. The van der Waals surface area contributed by atoms with Gasteiger partial charge in [-0.3, -0.25) is 9.59 Å². The van der Waals surface area contributed by atoms with E-state index in [4.69, 9.17) is 0 Å². The standard InChI is InChI=1S/C26H23N3O2/c1-18(29(2)26(31)24-16-15-19-9-6-7-14-23(19)28-24)21-12-8-13-22(17-21)27-25(30)20-10-4-3-5-11-20/h3-18H,1-2H3,(H,27,30)/t18-/m1/s1. The summed E-state index contributed by atoms with van der Waals surface area (Å²) in [6, 6.07) is 27.8. The number of nitrogens with zero attached hydrogens (tertiary/aromatic N) is 2. The van der Waals surface area contributed by atoms with Crippen molar-refractivity contribution < 1.29 is 9.59 Å². The molecule has 0 spiro atoms. The molecule has 1 N–H and O–H groups in total. The van der Waals surface area contributed by atoms with Gasteiger partial charge in [-0.25, -0.2) is 4.98 Å². The SMILES string of the molecule is C[C@H](c1cccc(NC(=O)c2ccccc2)c1)N(C)C(=O)c1ccc2ccccc2n1. The van der Waals surface area contributed by atoms with Crippen molar-refractivity contribution in [3.8, 4) is 0 Å². The maximum Gasteiger partial charge on any atom is 0.272 e. The molecular weight excluding hydrogens is 386 g/mol. The Bertz CT molecular complexity index is 1240. The van der Waals surface area contributed by atoms with Crippen molar-refractivity contribution in [2.75, 3.05) is 12.4 Å². The molecule has 0 saturated heterocycles. The third kappa shape index (κ3) is 4.46. The van der Waals surface area contributed by atoms with Gasteiger partial charge in [0.2, 0.25) is 0 Å². The summed E-state index contributed by atoms with van der Waals surface area (Å²) in [4.78, 5) is 31.7. The van der Waals surface area contributed by atoms with Crippen molar-refractivity contribution in [3.05, 3.63) is 108 Å². The Morgan fingerprint density at radius 2 is 1.61 bits per heavy atom. The van der Waals surface area contributed by atoms with Crippen LogP contribution in [0.5, 0.6) is 0 Å². The van der Waals surface area contributed by atoms with Crippen molar-refractivity contribution in [2.45, 2.75) is 13.0 Å². The van der Waals surface area contributed by atoms with Gasteiger partial charge in [0, 0.05) is 23.7 Å². The lowest BCUT2D eigenvalue weighted by atomic mass is 10.1. The van der Waals surface area contributed by atoms with E-state index >= 15 is 0 Å². The molecule has 1 atom stereocenters. The second-order valence-electron chi connectivity index (χ2n) is 7.43. The van der Waals surface area contributed by atoms with Crippen LogP contribution in [0.4, 0.5) is 5.69 Å². The minimum atomic E-state index is -0.200. The van der Waals surface area contributed by atoms with E-state index in [9.17, 15) is 9.59 Å². The fourth-order valence-electron chi connectivity index (χ4n) is 3.43. The lowest BCUT2D eigenvalue weighted by molar-refractivity contribution is 0.0737. The Morgan fingerprint density at radius 1 is 0.871 bits per heavy atom. The monoisotopic (exact) mass is 409 g/mol. The van der Waals surface area contributed by atoms with Gasteiger partial charge in [-0.2, -0.15) is 0 Å². The maximum absolute atomic E-state index is 13.0. The highest BCUT2D eigenvalue weighted by atomic mass is 16.2. The highest BCUT2D eigenvalue weighted by molar-refractivity contribution is 6.04. The molecule has 0 saturated carbocycles. The second kappa shape index (κ2) is 8.79. The van der Waals surface area contributed by atoms with Crippen LogP contribution in [0.1, 0.15) is 39.4 Å². The molecule has 0 fully saturated rings. The zero-order valence-corrected chi connectivity index (χ0v) is 17.4. The average Bonchev–Trinajstić information content (AvgIpc) is 2.83. The van der Waals surface area contributed by atoms with E-state index in [1.165, 1.54) is 0 Å². The first-order valence-electron chi connectivity index (χ1n) is 10.1. The Kier molecular flexibility index (Phi) is 5.76. The number of carbonyl (C=O) groups excluding carboxylic acids is 2. The lowest BCUT2D eigenvalue weighted by Crippen LogP contribution is -2.30. The summed E-state index contributed by atoms with van der Waals surface area (Å²) in [7, 11) is 1.76. The van der Waals surface area contributed by atoms with Crippen LogP contribution in [0.3, 0.4) is 0 Å². The van der Waals surface area contributed by atoms with Crippen LogP contribution < -0.4 is 5.32 Å². The molecule has 31 heavy (non-hydrogen) atoms. The summed E-state index contributed by atoms with van der Waals surface area (Å²) in [6.07, 6.45) is 0. The minimum Gasteiger partial charge on any atom is -0.334 e. The Hall–Kier alpha value is -3.99. The van der Waals surface area contributed by atoms with Crippen molar-refractivity contribution >= 4 is 28.4 Å². The summed E-state index contributed by atoms with van der Waals surface area (Å²) in [6.45, 7) is 1.96. The number of fused-ring (bicyclic) bond motifs is 1. The third-order valence-corrected chi connectivity index (χ3v) is 5.38. The number of hydrogen-bond donors (Lipinski definition) is 1. The number of hydrogen-bond acceptors (Lipinski definition) is 3. The molecule has 154 valence electrons. The van der Waals surface area contributed by atoms with Crippen molar-refractivity contribution in [3.63, 3.8) is 0 Å². The molecule has 0 bridgehead atoms. The van der Waals surface area contributed by atoms with Crippen LogP contribution in [0.2, 0.25) is 0 Å². The number of benzene rings is 3. The third-order valence-electron chi connectivity index (χ3n) is 5.38. The van der Waals surface area contributed by atoms with E-state index < -0.39 is 0 Å². The van der Waals surface area contributed by atoms with Crippen molar-refractivity contribution in [1.29, 1.82) is 0 Å². The average molecular weight is 409 g/mol. The van der Waals surface area contributed by atoms with Crippen molar-refractivity contribution in [1.82, 2.24) is 9.88 Å². The van der Waals surface area contributed by atoms with Gasteiger partial charge < -0.3 is 10.2 Å². The zero-order chi connectivity index (χ0) is 21.8. The highest BCUT2D eigenvalue weighted by Gasteiger charge is 2.20. The molecule has 4 rings (SSSR count). The van der Waals surface area contributed by atoms with Crippen LogP contribution in [0.25, 0.3) is 10.9 Å². The molecule has 3 aromatic carbocycles. The van der Waals surface area contributed by atoms with Crippen LogP contribution in [-0.4, -0.2) is 28.7 Å². The molecule has 0 aliphatic carbocycles. The summed E-state index contributed by atoms with van der Waals surface area (Å²) < 4.78 is 0. The van der Waals surface area contributed by atoms with Gasteiger partial charge >= 0.3 is 0 Å². The number of pyridine rings is 1. The smallest absolute Gasteiger partial charge is 0.272 e. The van der Waals surface area contributed by atoms with Gasteiger partial charge in [0.1, 0.15) is 5.69 Å². The summed E-state index contributed by atoms with van der Waals surface area (Å²) in [5.74, 6) is -0.327. The molecule has 5 heteroatoms. The van der Waals surface area contributed by atoms with Gasteiger partial charge in [0.25, 0.3) is 11.8 Å². The molecule has 0 aliphatic heterocycles. The maximum atomic E-state index is 13.0. The molecule has 5 nitrogen and oxygen atoms in total. The quantitative estimate of drug-likeness (QED) is 0.485. The first kappa shape index (κ1) is 20.3. The van der Waals surface area contributed by atoms with E-state index in [2.05, 4.69) is 10.3 Å². The molecular formula is C26H23N3O2. The largest absolute Gasteiger partial charge is 0.334 e. The van der Waals surface area contributed by atoms with Gasteiger partial charge in [0.15, 0.2) is 0 Å². The van der Waals surface area contributed by atoms with Gasteiger partial charge in [0.05, 0.1) is 11.6 Å². The topological polar surface area (TPSA) is 62.3 Å². The summed E-state index contributed by atoms with van der Waals surface area (Å²) >= 11 is 0. The fourth-order valence-corrected chi connectivity index (χ4v) is 3.43. The predicted octanol–water partition coefficient (Wildman–Crippen LogP) is 5.32. The molecule has 0 unspecified atom stereocenters. The van der Waals surface area contributed by atoms with E-state index in [-0.39, 0.29) is 17.9 Å². The van der Waals surface area contributed by atoms with Gasteiger partial charge in [-0.1, -0.05) is 54.6 Å². The highest BCUT2D eigenvalue weighted by Crippen LogP contribution is 2.24. The predicted molar refractivity (Wildman–Crippen MR) is 123 cm³/mol. The number of amides is 2. The normalized spacial score (nSPS) is 11.7. The summed E-state index contributed by atoms with van der Waals surface area (Å²) in [5.41, 5.74) is 3.39. The van der Waals surface area contributed by atoms with Gasteiger partial charge in [-0.15, -0.1) is 0 Å². The van der Waals surface area contributed by atoms with Crippen LogP contribution in [-0.2, 0) is 0 Å². The second-order valence-corrected chi connectivity index (χ2v) is 7.43. The number of aromatic nitrogens is 1. The molecule has 2 amide bonds. The number of rotatable bonds is 5. The molecule has 0 aliphatic rings. The van der Waals surface area contributed by atoms with Gasteiger partial charge in [-0.05, 0) is 48.9 Å². The van der Waals surface area contributed by atoms with Crippen LogP contribution in [0.15, 0.2) is 91.0 Å². The van der Waals surface area contributed by atoms with E-state index in [0.717, 1.165) is 16.5 Å². The van der Waals surface area contributed by atoms with Crippen LogP contribution >= 0.6 is 0 Å². The number of nitrogens with one attached hydrogen (secondary N) is 1. The molecule has 1 heterocycles. The van der Waals surface area contributed by atoms with E-state index in [0.29, 0.717) is 16.9 Å². The van der Waals surface area contributed by atoms with Crippen molar-refractivity contribution in [2.24, 2.45) is 0 Å². The summed E-state index contributed by atoms with van der Waals surface area (Å²) in [5, 5.41) is 3.92. The molecule has 1 aromatic heterocycles. The molecule has 0 radical (unpaired) electrons. The fraction of sp³-hybridized carbons (Fsp3) is 0.115. The number of para-hydroxylation sites is 1. The van der Waals surface area contributed by atoms with Crippen LogP contribution in [0, 0.1) is 0 Å². The minimum absolute atomic E-state index is 0.156. The first-order chi connectivity index (χ1) is 15.0. The zero-order valence-electron chi connectivity index (χ0n) is 17.4. The molecule has 4 aromatic rings. The lowest BCUT2D eigenvalue weighted by Gasteiger charge is -2.25. The van der Waals surface area contributed by atoms with E-state index in [1.54, 1.807) is 30.1 Å².